The molecule has 1 aliphatic rings. The smallest absolute Gasteiger partial charge is 0.208 e. The maximum Gasteiger partial charge on any atom is 0.208 e. The number of hydrogen-bond donors (Lipinski definition) is 0. The highest BCUT2D eigenvalue weighted by atomic mass is 35.5. The number of hydrogen-bond acceptors (Lipinski definition) is 5. The Balaban J connectivity index is 1.53. The van der Waals surface area contributed by atoms with Crippen molar-refractivity contribution in [1.29, 1.82) is 0 Å². The summed E-state index contributed by atoms with van der Waals surface area (Å²) in [6.07, 6.45) is 3.06. The van der Waals surface area contributed by atoms with Gasteiger partial charge in [0.2, 0.25) is 5.13 Å². The first-order valence-electron chi connectivity index (χ1n) is 8.46. The summed E-state index contributed by atoms with van der Waals surface area (Å²) in [5, 5.41) is 11.6. The van der Waals surface area contributed by atoms with Gasteiger partial charge in [-0.2, -0.15) is 0 Å². The molecule has 0 bridgehead atoms. The molecule has 25 heavy (non-hydrogen) atoms. The van der Waals surface area contributed by atoms with Crippen molar-refractivity contribution in [3.63, 3.8) is 0 Å². The van der Waals surface area contributed by atoms with Crippen molar-refractivity contribution >= 4 is 28.1 Å². The Labute approximate surface area is 156 Å². The van der Waals surface area contributed by atoms with E-state index in [1.54, 1.807) is 11.3 Å². The van der Waals surface area contributed by atoms with Crippen LogP contribution in [0.3, 0.4) is 0 Å². The Bertz CT molecular complexity index is 862. The van der Waals surface area contributed by atoms with Gasteiger partial charge < -0.3 is 4.90 Å². The lowest BCUT2D eigenvalue weighted by atomic mass is 10.1. The summed E-state index contributed by atoms with van der Waals surface area (Å²) in [6.45, 7) is 3.05. The Kier molecular flexibility index (Phi) is 4.68. The van der Waals surface area contributed by atoms with E-state index in [0.29, 0.717) is 6.04 Å². The first-order valence-corrected chi connectivity index (χ1v) is 9.65. The number of aromatic nitrogens is 3. The number of benzene rings is 1. The molecule has 1 aromatic carbocycles. The SMILES string of the molecule is Cc1cccc(C2CCCN2c2nnc(Cc3ccc(Cl)cc3)s2)n1. The van der Waals surface area contributed by atoms with Gasteiger partial charge in [0.25, 0.3) is 0 Å². The normalized spacial score (nSPS) is 17.2. The fourth-order valence-electron chi connectivity index (χ4n) is 3.26. The number of halogens is 1. The summed E-state index contributed by atoms with van der Waals surface area (Å²) in [7, 11) is 0. The first-order chi connectivity index (χ1) is 12.2. The zero-order valence-electron chi connectivity index (χ0n) is 14.0. The molecule has 0 aliphatic carbocycles. The molecule has 4 nitrogen and oxygen atoms in total. The standard InChI is InChI=1S/C19H19ClN4S/c1-13-4-2-5-16(21-13)17-6-3-11-24(17)19-23-22-18(25-19)12-14-7-9-15(20)10-8-14/h2,4-5,7-10,17H,3,6,11-12H2,1H3. The Morgan fingerprint density at radius 2 is 2.00 bits per heavy atom. The van der Waals surface area contributed by atoms with Gasteiger partial charge in [0.15, 0.2) is 0 Å². The zero-order valence-corrected chi connectivity index (χ0v) is 15.6. The van der Waals surface area contributed by atoms with Crippen molar-refractivity contribution in [3.8, 4) is 0 Å². The van der Waals surface area contributed by atoms with Crippen molar-refractivity contribution < 1.29 is 0 Å². The van der Waals surface area contributed by atoms with Crippen LogP contribution in [0.15, 0.2) is 42.5 Å². The Morgan fingerprint density at radius 3 is 2.80 bits per heavy atom. The quantitative estimate of drug-likeness (QED) is 0.659. The average molecular weight is 371 g/mol. The summed E-state index contributed by atoms with van der Waals surface area (Å²) >= 11 is 7.63. The average Bonchev–Trinajstić information content (AvgIpc) is 3.26. The second-order valence-corrected chi connectivity index (χ2v) is 7.81. The molecule has 0 amide bonds. The van der Waals surface area contributed by atoms with Crippen molar-refractivity contribution in [2.75, 3.05) is 11.4 Å². The minimum Gasteiger partial charge on any atom is -0.338 e. The first kappa shape index (κ1) is 16.5. The van der Waals surface area contributed by atoms with E-state index in [1.165, 1.54) is 5.56 Å². The van der Waals surface area contributed by atoms with Crippen LogP contribution in [0, 0.1) is 6.92 Å². The lowest BCUT2D eigenvalue weighted by Gasteiger charge is -2.23. The zero-order chi connectivity index (χ0) is 17.2. The molecule has 6 heteroatoms. The molecule has 1 atom stereocenters. The van der Waals surface area contributed by atoms with E-state index in [1.807, 2.05) is 37.3 Å². The van der Waals surface area contributed by atoms with Gasteiger partial charge in [0.05, 0.1) is 11.7 Å². The molecule has 1 aliphatic heterocycles. The lowest BCUT2D eigenvalue weighted by molar-refractivity contribution is 0.687. The van der Waals surface area contributed by atoms with Crippen LogP contribution >= 0.6 is 22.9 Å². The lowest BCUT2D eigenvalue weighted by Crippen LogP contribution is -2.23. The maximum atomic E-state index is 5.95. The van der Waals surface area contributed by atoms with E-state index in [-0.39, 0.29) is 0 Å². The molecule has 4 rings (SSSR count). The molecule has 2 aromatic heterocycles. The monoisotopic (exact) mass is 370 g/mol. The number of aryl methyl sites for hydroxylation is 1. The third-order valence-electron chi connectivity index (χ3n) is 4.47. The van der Waals surface area contributed by atoms with Crippen LogP contribution in [-0.2, 0) is 6.42 Å². The Hall–Kier alpha value is -1.98. The van der Waals surface area contributed by atoms with Crippen molar-refractivity contribution in [3.05, 3.63) is 69.4 Å². The molecule has 0 spiro atoms. The molecule has 3 heterocycles. The topological polar surface area (TPSA) is 41.9 Å². The fraction of sp³-hybridized carbons (Fsp3) is 0.316. The molecule has 0 radical (unpaired) electrons. The number of pyridine rings is 1. The van der Waals surface area contributed by atoms with Gasteiger partial charge >= 0.3 is 0 Å². The number of nitrogens with zero attached hydrogens (tertiary/aromatic N) is 4. The van der Waals surface area contributed by atoms with Crippen LogP contribution in [-0.4, -0.2) is 21.7 Å². The molecular weight excluding hydrogens is 352 g/mol. The van der Waals surface area contributed by atoms with E-state index in [9.17, 15) is 0 Å². The van der Waals surface area contributed by atoms with Crippen LogP contribution in [0.1, 0.15) is 40.8 Å². The van der Waals surface area contributed by atoms with E-state index in [2.05, 4.69) is 27.2 Å². The molecule has 0 saturated carbocycles. The molecule has 1 unspecified atom stereocenters. The summed E-state index contributed by atoms with van der Waals surface area (Å²) in [5.41, 5.74) is 3.39. The highest BCUT2D eigenvalue weighted by molar-refractivity contribution is 7.15. The van der Waals surface area contributed by atoms with Crippen LogP contribution in [0.25, 0.3) is 0 Å². The molecule has 1 saturated heterocycles. The Morgan fingerprint density at radius 1 is 1.16 bits per heavy atom. The van der Waals surface area contributed by atoms with Crippen molar-refractivity contribution in [1.82, 2.24) is 15.2 Å². The molecule has 0 N–H and O–H groups in total. The van der Waals surface area contributed by atoms with Gasteiger partial charge in [-0.15, -0.1) is 10.2 Å². The van der Waals surface area contributed by atoms with E-state index >= 15 is 0 Å². The van der Waals surface area contributed by atoms with Crippen molar-refractivity contribution in [2.24, 2.45) is 0 Å². The largest absolute Gasteiger partial charge is 0.338 e. The van der Waals surface area contributed by atoms with Crippen LogP contribution in [0.5, 0.6) is 0 Å². The maximum absolute atomic E-state index is 5.95. The van der Waals surface area contributed by atoms with Gasteiger partial charge in [-0.1, -0.05) is 41.1 Å². The van der Waals surface area contributed by atoms with Crippen LogP contribution in [0.2, 0.25) is 5.02 Å². The van der Waals surface area contributed by atoms with E-state index in [4.69, 9.17) is 16.6 Å². The second-order valence-electron chi connectivity index (χ2n) is 6.34. The summed E-state index contributed by atoms with van der Waals surface area (Å²) in [5.74, 6) is 0. The molecule has 1 fully saturated rings. The number of anilines is 1. The summed E-state index contributed by atoms with van der Waals surface area (Å²) in [4.78, 5) is 7.07. The minimum atomic E-state index is 0.302. The van der Waals surface area contributed by atoms with Gasteiger partial charge in [-0.3, -0.25) is 4.98 Å². The third kappa shape index (κ3) is 3.67. The number of rotatable bonds is 4. The third-order valence-corrected chi connectivity index (χ3v) is 5.69. The minimum absolute atomic E-state index is 0.302. The van der Waals surface area contributed by atoms with Gasteiger partial charge in [0.1, 0.15) is 5.01 Å². The summed E-state index contributed by atoms with van der Waals surface area (Å²) in [6, 6.07) is 14.5. The highest BCUT2D eigenvalue weighted by Gasteiger charge is 2.29. The second kappa shape index (κ2) is 7.10. The van der Waals surface area contributed by atoms with E-state index in [0.717, 1.165) is 52.4 Å². The summed E-state index contributed by atoms with van der Waals surface area (Å²) < 4.78 is 0. The predicted octanol–water partition coefficient (Wildman–Crippen LogP) is 4.83. The molecule has 3 aromatic rings. The van der Waals surface area contributed by atoms with Crippen LogP contribution in [0.4, 0.5) is 5.13 Å². The molecule has 128 valence electrons. The predicted molar refractivity (Wildman–Crippen MR) is 102 cm³/mol. The van der Waals surface area contributed by atoms with Crippen LogP contribution < -0.4 is 4.90 Å². The van der Waals surface area contributed by atoms with Gasteiger partial charge in [-0.05, 0) is 49.6 Å². The fourth-order valence-corrected chi connectivity index (χ4v) is 4.34. The van der Waals surface area contributed by atoms with Gasteiger partial charge in [-0.25, -0.2) is 0 Å². The van der Waals surface area contributed by atoms with Gasteiger partial charge in [0, 0.05) is 23.7 Å². The highest BCUT2D eigenvalue weighted by Crippen LogP contribution is 2.37. The molecular formula is C19H19ClN4S. The van der Waals surface area contributed by atoms with Crippen molar-refractivity contribution in [2.45, 2.75) is 32.2 Å². The van der Waals surface area contributed by atoms with E-state index < -0.39 is 0 Å².